The summed E-state index contributed by atoms with van der Waals surface area (Å²) in [7, 11) is 0. The molecule has 0 aliphatic rings. The first kappa shape index (κ1) is 10.4. The molecule has 2 aromatic heterocycles. The van der Waals surface area contributed by atoms with Gasteiger partial charge in [0.25, 0.3) is 0 Å². The quantitative estimate of drug-likeness (QED) is 0.646. The number of nitrogens with zero attached hydrogens (tertiary/aromatic N) is 3. The summed E-state index contributed by atoms with van der Waals surface area (Å²) in [6, 6.07) is 0. The van der Waals surface area contributed by atoms with Crippen LogP contribution in [0.5, 0.6) is 0 Å². The summed E-state index contributed by atoms with van der Waals surface area (Å²) in [6.45, 7) is 2.65. The SMILES string of the molecule is CCNNc1nccn2cc(C(=O)O)nc12. The number of aromatic nitrogens is 3. The van der Waals surface area contributed by atoms with Crippen molar-refractivity contribution in [1.82, 2.24) is 19.8 Å². The van der Waals surface area contributed by atoms with Gasteiger partial charge in [0, 0.05) is 25.1 Å². The van der Waals surface area contributed by atoms with Crippen molar-refractivity contribution in [3.05, 3.63) is 24.3 Å². The van der Waals surface area contributed by atoms with Gasteiger partial charge in [-0.2, -0.15) is 0 Å². The Balaban J connectivity index is 2.45. The van der Waals surface area contributed by atoms with Crippen molar-refractivity contribution < 1.29 is 9.90 Å². The normalized spacial score (nSPS) is 10.6. The van der Waals surface area contributed by atoms with Gasteiger partial charge in [0.15, 0.2) is 17.2 Å². The zero-order valence-corrected chi connectivity index (χ0v) is 8.64. The molecule has 0 aromatic carbocycles. The van der Waals surface area contributed by atoms with Gasteiger partial charge in [0.2, 0.25) is 0 Å². The fourth-order valence-corrected chi connectivity index (χ4v) is 1.28. The van der Waals surface area contributed by atoms with Crippen LogP contribution in [0.2, 0.25) is 0 Å². The van der Waals surface area contributed by atoms with Gasteiger partial charge in [0.1, 0.15) is 0 Å². The number of anilines is 1. The molecule has 0 saturated carbocycles. The fourth-order valence-electron chi connectivity index (χ4n) is 1.28. The molecule has 0 spiro atoms. The predicted octanol–water partition coefficient (Wildman–Crippen LogP) is 0.364. The molecular weight excluding hydrogens is 210 g/mol. The van der Waals surface area contributed by atoms with Crippen LogP contribution in [0.4, 0.5) is 5.82 Å². The summed E-state index contributed by atoms with van der Waals surface area (Å²) in [5.41, 5.74) is 6.20. The summed E-state index contributed by atoms with van der Waals surface area (Å²) in [4.78, 5) is 18.8. The lowest BCUT2D eigenvalue weighted by molar-refractivity contribution is 0.0691. The average molecular weight is 221 g/mol. The number of imidazole rings is 1. The van der Waals surface area contributed by atoms with E-state index in [2.05, 4.69) is 20.8 Å². The lowest BCUT2D eigenvalue weighted by Gasteiger charge is -2.05. The van der Waals surface area contributed by atoms with Gasteiger partial charge in [0.05, 0.1) is 0 Å². The molecule has 3 N–H and O–H groups in total. The van der Waals surface area contributed by atoms with Crippen LogP contribution in [0.15, 0.2) is 18.6 Å². The second-order valence-corrected chi connectivity index (χ2v) is 3.09. The number of hydrogen-bond donors (Lipinski definition) is 3. The summed E-state index contributed by atoms with van der Waals surface area (Å²) >= 11 is 0. The van der Waals surface area contributed by atoms with E-state index >= 15 is 0 Å². The summed E-state index contributed by atoms with van der Waals surface area (Å²) in [5.74, 6) is -0.560. The van der Waals surface area contributed by atoms with Crippen LogP contribution < -0.4 is 10.9 Å². The Kier molecular flexibility index (Phi) is 2.69. The number of fused-ring (bicyclic) bond motifs is 1. The maximum atomic E-state index is 10.8. The van der Waals surface area contributed by atoms with E-state index in [1.54, 1.807) is 16.8 Å². The summed E-state index contributed by atoms with van der Waals surface area (Å²) in [5, 5.41) is 8.82. The van der Waals surface area contributed by atoms with Crippen molar-refractivity contribution >= 4 is 17.4 Å². The topological polar surface area (TPSA) is 91.5 Å². The molecular formula is C9H11N5O2. The Morgan fingerprint density at radius 3 is 3.12 bits per heavy atom. The maximum Gasteiger partial charge on any atom is 0.356 e. The first-order valence-electron chi connectivity index (χ1n) is 4.78. The van der Waals surface area contributed by atoms with E-state index in [0.717, 1.165) is 6.54 Å². The number of rotatable bonds is 4. The Morgan fingerprint density at radius 2 is 2.44 bits per heavy atom. The van der Waals surface area contributed by atoms with Crippen LogP contribution in [0, 0.1) is 0 Å². The smallest absolute Gasteiger partial charge is 0.356 e. The third-order valence-corrected chi connectivity index (χ3v) is 1.98. The highest BCUT2D eigenvalue weighted by Crippen LogP contribution is 2.12. The van der Waals surface area contributed by atoms with E-state index in [1.807, 2.05) is 6.92 Å². The second-order valence-electron chi connectivity index (χ2n) is 3.09. The number of carboxylic acids is 1. The van der Waals surface area contributed by atoms with Crippen LogP contribution >= 0.6 is 0 Å². The highest BCUT2D eigenvalue weighted by Gasteiger charge is 2.11. The number of carboxylic acid groups (broad SMARTS) is 1. The van der Waals surface area contributed by atoms with E-state index in [-0.39, 0.29) is 5.69 Å². The molecule has 0 saturated heterocycles. The molecule has 0 radical (unpaired) electrons. The van der Waals surface area contributed by atoms with Gasteiger partial charge in [-0.1, -0.05) is 6.92 Å². The number of nitrogens with one attached hydrogen (secondary N) is 2. The predicted molar refractivity (Wildman–Crippen MR) is 57.2 cm³/mol. The number of carbonyl (C=O) groups is 1. The number of hydrazine groups is 1. The molecule has 7 heteroatoms. The minimum Gasteiger partial charge on any atom is -0.476 e. The molecule has 7 nitrogen and oxygen atoms in total. The van der Waals surface area contributed by atoms with Crippen molar-refractivity contribution in [1.29, 1.82) is 0 Å². The van der Waals surface area contributed by atoms with Crippen molar-refractivity contribution in [3.8, 4) is 0 Å². The van der Waals surface area contributed by atoms with E-state index in [1.165, 1.54) is 6.20 Å². The van der Waals surface area contributed by atoms with Crippen molar-refractivity contribution in [2.75, 3.05) is 12.0 Å². The Labute approximate surface area is 91.1 Å². The molecule has 16 heavy (non-hydrogen) atoms. The Morgan fingerprint density at radius 1 is 1.62 bits per heavy atom. The highest BCUT2D eigenvalue weighted by molar-refractivity contribution is 5.86. The maximum absolute atomic E-state index is 10.8. The second kappa shape index (κ2) is 4.15. The molecule has 0 aliphatic carbocycles. The zero-order chi connectivity index (χ0) is 11.5. The lowest BCUT2D eigenvalue weighted by Crippen LogP contribution is -2.21. The molecule has 2 heterocycles. The van der Waals surface area contributed by atoms with Gasteiger partial charge < -0.3 is 14.9 Å². The molecule has 0 amide bonds. The molecule has 0 fully saturated rings. The summed E-state index contributed by atoms with van der Waals surface area (Å²) < 4.78 is 1.61. The number of hydrogen-bond acceptors (Lipinski definition) is 5. The molecule has 0 aliphatic heterocycles. The minimum absolute atomic E-state index is 0.00690. The molecule has 2 aromatic rings. The van der Waals surface area contributed by atoms with Gasteiger partial charge in [-0.05, 0) is 0 Å². The van der Waals surface area contributed by atoms with Crippen molar-refractivity contribution in [2.45, 2.75) is 6.92 Å². The van der Waals surface area contributed by atoms with Gasteiger partial charge in [-0.25, -0.2) is 20.2 Å². The van der Waals surface area contributed by atoms with Crippen LogP contribution in [-0.2, 0) is 0 Å². The van der Waals surface area contributed by atoms with Crippen molar-refractivity contribution in [2.24, 2.45) is 0 Å². The first-order valence-corrected chi connectivity index (χ1v) is 4.78. The zero-order valence-electron chi connectivity index (χ0n) is 8.64. The average Bonchev–Trinajstić information content (AvgIpc) is 2.70. The van der Waals surface area contributed by atoms with E-state index in [0.29, 0.717) is 11.5 Å². The molecule has 0 bridgehead atoms. The molecule has 84 valence electrons. The summed E-state index contributed by atoms with van der Waals surface area (Å²) in [6.07, 6.45) is 4.66. The van der Waals surface area contributed by atoms with Crippen LogP contribution in [-0.4, -0.2) is 32.0 Å². The van der Waals surface area contributed by atoms with E-state index < -0.39 is 5.97 Å². The van der Waals surface area contributed by atoms with Crippen molar-refractivity contribution in [3.63, 3.8) is 0 Å². The third-order valence-electron chi connectivity index (χ3n) is 1.98. The minimum atomic E-state index is -1.06. The van der Waals surface area contributed by atoms with E-state index in [4.69, 9.17) is 5.11 Å². The standard InChI is InChI=1S/C9H11N5O2/c1-2-11-13-7-8-12-6(9(15)16)5-14(8)4-3-10-7/h3-5,11H,2H2,1H3,(H,10,13)(H,15,16). The highest BCUT2D eigenvalue weighted by atomic mass is 16.4. The Hall–Kier alpha value is -2.15. The van der Waals surface area contributed by atoms with Gasteiger partial charge in [-0.3, -0.25) is 0 Å². The monoisotopic (exact) mass is 221 g/mol. The van der Waals surface area contributed by atoms with Gasteiger partial charge in [-0.15, -0.1) is 0 Å². The number of aromatic carboxylic acids is 1. The fraction of sp³-hybridized carbons (Fsp3) is 0.222. The lowest BCUT2D eigenvalue weighted by atomic mass is 10.5. The Bertz CT molecular complexity index is 522. The third kappa shape index (κ3) is 1.80. The van der Waals surface area contributed by atoms with Gasteiger partial charge >= 0.3 is 5.97 Å². The molecule has 0 atom stereocenters. The molecule has 2 rings (SSSR count). The first-order chi connectivity index (χ1) is 7.72. The van der Waals surface area contributed by atoms with E-state index in [9.17, 15) is 4.79 Å². The largest absolute Gasteiger partial charge is 0.476 e. The van der Waals surface area contributed by atoms with Crippen LogP contribution in [0.25, 0.3) is 5.65 Å². The van der Waals surface area contributed by atoms with Crippen LogP contribution in [0.3, 0.4) is 0 Å². The van der Waals surface area contributed by atoms with Crippen LogP contribution in [0.1, 0.15) is 17.4 Å². The molecule has 0 unspecified atom stereocenters.